The Labute approximate surface area is 94.5 Å². The monoisotopic (exact) mass is 214 g/mol. The van der Waals surface area contributed by atoms with Gasteiger partial charge in [-0.15, -0.1) is 0 Å². The highest BCUT2D eigenvalue weighted by atomic mass is 15.2. The van der Waals surface area contributed by atoms with Gasteiger partial charge in [-0.1, -0.05) is 0 Å². The molecule has 4 nitrogen and oxygen atoms in total. The third-order valence-electron chi connectivity index (χ3n) is 2.73. The van der Waals surface area contributed by atoms with Gasteiger partial charge in [0.05, 0.1) is 5.52 Å². The number of rotatable bonds is 3. The fourth-order valence-corrected chi connectivity index (χ4v) is 1.89. The maximum atomic E-state index is 9.21. The molecule has 0 fully saturated rings. The first-order chi connectivity index (χ1) is 7.81. The minimum atomic E-state index is 0.638. The minimum absolute atomic E-state index is 0.638. The van der Waals surface area contributed by atoms with Crippen molar-refractivity contribution in [3.05, 3.63) is 23.9 Å². The molecule has 0 amide bonds. The van der Waals surface area contributed by atoms with Crippen LogP contribution in [0.25, 0.3) is 11.0 Å². The SMILES string of the molecule is CCN(CC)c1[nH]c2cccnc2c1C#N. The van der Waals surface area contributed by atoms with Crippen LogP contribution in [-0.2, 0) is 0 Å². The Morgan fingerprint density at radius 1 is 1.44 bits per heavy atom. The fraction of sp³-hybridized carbons (Fsp3) is 0.333. The van der Waals surface area contributed by atoms with Crippen molar-refractivity contribution in [1.29, 1.82) is 5.26 Å². The molecule has 0 unspecified atom stereocenters. The summed E-state index contributed by atoms with van der Waals surface area (Å²) >= 11 is 0. The van der Waals surface area contributed by atoms with E-state index in [-0.39, 0.29) is 0 Å². The van der Waals surface area contributed by atoms with Crippen LogP contribution in [0.15, 0.2) is 18.3 Å². The van der Waals surface area contributed by atoms with Crippen molar-refractivity contribution in [2.24, 2.45) is 0 Å². The Bertz CT molecular complexity index is 531. The zero-order valence-electron chi connectivity index (χ0n) is 9.49. The van der Waals surface area contributed by atoms with Gasteiger partial charge in [-0.05, 0) is 26.0 Å². The molecule has 4 heteroatoms. The summed E-state index contributed by atoms with van der Waals surface area (Å²) in [6.45, 7) is 5.89. The molecule has 0 spiro atoms. The van der Waals surface area contributed by atoms with Crippen molar-refractivity contribution in [2.45, 2.75) is 13.8 Å². The largest absolute Gasteiger partial charge is 0.358 e. The second kappa shape index (κ2) is 4.23. The van der Waals surface area contributed by atoms with E-state index >= 15 is 0 Å². The lowest BCUT2D eigenvalue weighted by Crippen LogP contribution is -2.22. The second-order valence-electron chi connectivity index (χ2n) is 3.53. The van der Waals surface area contributed by atoms with E-state index in [1.807, 2.05) is 12.1 Å². The highest BCUT2D eigenvalue weighted by molar-refractivity contribution is 5.88. The summed E-state index contributed by atoms with van der Waals surface area (Å²) in [5.74, 6) is 0.876. The first-order valence-corrected chi connectivity index (χ1v) is 5.43. The number of aromatic nitrogens is 2. The molecular weight excluding hydrogens is 200 g/mol. The number of nitriles is 1. The Morgan fingerprint density at radius 3 is 2.81 bits per heavy atom. The number of aromatic amines is 1. The summed E-state index contributed by atoms with van der Waals surface area (Å²) in [6.07, 6.45) is 1.71. The van der Waals surface area contributed by atoms with Crippen molar-refractivity contribution in [2.75, 3.05) is 18.0 Å². The molecule has 1 N–H and O–H groups in total. The number of fused-ring (bicyclic) bond motifs is 1. The van der Waals surface area contributed by atoms with E-state index in [0.29, 0.717) is 5.56 Å². The van der Waals surface area contributed by atoms with Gasteiger partial charge in [0.1, 0.15) is 23.0 Å². The van der Waals surface area contributed by atoms with Gasteiger partial charge in [0.2, 0.25) is 0 Å². The van der Waals surface area contributed by atoms with Crippen molar-refractivity contribution >= 4 is 16.9 Å². The van der Waals surface area contributed by atoms with Gasteiger partial charge in [0.25, 0.3) is 0 Å². The molecule has 2 aromatic rings. The van der Waals surface area contributed by atoms with Gasteiger partial charge < -0.3 is 9.88 Å². The molecule has 2 heterocycles. The van der Waals surface area contributed by atoms with E-state index in [1.165, 1.54) is 0 Å². The van der Waals surface area contributed by atoms with Crippen LogP contribution in [0.4, 0.5) is 5.82 Å². The zero-order valence-corrected chi connectivity index (χ0v) is 9.49. The highest BCUT2D eigenvalue weighted by Crippen LogP contribution is 2.26. The van der Waals surface area contributed by atoms with E-state index < -0.39 is 0 Å². The fourth-order valence-electron chi connectivity index (χ4n) is 1.89. The molecule has 16 heavy (non-hydrogen) atoms. The summed E-state index contributed by atoms with van der Waals surface area (Å²) in [6, 6.07) is 6.04. The van der Waals surface area contributed by atoms with E-state index in [1.54, 1.807) is 6.20 Å². The number of nitrogens with one attached hydrogen (secondary N) is 1. The number of pyridine rings is 1. The van der Waals surface area contributed by atoms with E-state index in [0.717, 1.165) is 29.9 Å². The van der Waals surface area contributed by atoms with Crippen molar-refractivity contribution < 1.29 is 0 Å². The summed E-state index contributed by atoms with van der Waals surface area (Å²) < 4.78 is 0. The summed E-state index contributed by atoms with van der Waals surface area (Å²) in [4.78, 5) is 9.63. The molecule has 2 aromatic heterocycles. The number of anilines is 1. The molecule has 82 valence electrons. The molecule has 0 aromatic carbocycles. The molecule has 0 radical (unpaired) electrons. The Balaban J connectivity index is 2.66. The van der Waals surface area contributed by atoms with Gasteiger partial charge in [0, 0.05) is 19.3 Å². The lowest BCUT2D eigenvalue weighted by Gasteiger charge is -2.19. The molecule has 0 aliphatic carbocycles. The predicted molar refractivity (Wildman–Crippen MR) is 64.4 cm³/mol. The topological polar surface area (TPSA) is 55.7 Å². The first-order valence-electron chi connectivity index (χ1n) is 5.43. The molecule has 0 aliphatic heterocycles. The van der Waals surface area contributed by atoms with Crippen LogP contribution in [0.3, 0.4) is 0 Å². The average molecular weight is 214 g/mol. The number of H-pyrrole nitrogens is 1. The summed E-state index contributed by atoms with van der Waals surface area (Å²) in [5.41, 5.74) is 2.31. The van der Waals surface area contributed by atoms with Gasteiger partial charge >= 0.3 is 0 Å². The minimum Gasteiger partial charge on any atom is -0.358 e. The number of nitrogens with zero attached hydrogens (tertiary/aromatic N) is 3. The Morgan fingerprint density at radius 2 is 2.19 bits per heavy atom. The number of hydrogen-bond donors (Lipinski definition) is 1. The summed E-state index contributed by atoms with van der Waals surface area (Å²) in [7, 11) is 0. The van der Waals surface area contributed by atoms with Gasteiger partial charge in [0.15, 0.2) is 0 Å². The molecule has 2 rings (SSSR count). The number of hydrogen-bond acceptors (Lipinski definition) is 3. The van der Waals surface area contributed by atoms with Gasteiger partial charge in [-0.2, -0.15) is 5.26 Å². The second-order valence-corrected chi connectivity index (χ2v) is 3.53. The zero-order chi connectivity index (χ0) is 11.5. The first kappa shape index (κ1) is 10.5. The normalized spacial score (nSPS) is 10.3. The molecule has 0 aliphatic rings. The maximum absolute atomic E-state index is 9.21. The quantitative estimate of drug-likeness (QED) is 0.852. The predicted octanol–water partition coefficient (Wildman–Crippen LogP) is 2.28. The Hall–Kier alpha value is -2.02. The van der Waals surface area contributed by atoms with E-state index in [9.17, 15) is 5.26 Å². The molecular formula is C12H14N4. The standard InChI is InChI=1S/C12H14N4/c1-3-16(4-2)12-9(8-13)11-10(15-12)6-5-7-14-11/h5-7,15H,3-4H2,1-2H3. The summed E-state index contributed by atoms with van der Waals surface area (Å²) in [5, 5.41) is 9.21. The average Bonchev–Trinajstić information content (AvgIpc) is 2.69. The maximum Gasteiger partial charge on any atom is 0.126 e. The van der Waals surface area contributed by atoms with Crippen LogP contribution in [0, 0.1) is 11.3 Å². The lowest BCUT2D eigenvalue weighted by molar-refractivity contribution is 0.851. The molecule has 0 bridgehead atoms. The van der Waals surface area contributed by atoms with Gasteiger partial charge in [-0.3, -0.25) is 4.98 Å². The van der Waals surface area contributed by atoms with Crippen LogP contribution >= 0.6 is 0 Å². The van der Waals surface area contributed by atoms with Crippen molar-refractivity contribution in [3.63, 3.8) is 0 Å². The molecule has 0 saturated heterocycles. The van der Waals surface area contributed by atoms with Crippen LogP contribution in [0.2, 0.25) is 0 Å². The molecule has 0 atom stereocenters. The third kappa shape index (κ3) is 1.50. The van der Waals surface area contributed by atoms with E-state index in [2.05, 4.69) is 34.8 Å². The van der Waals surface area contributed by atoms with Crippen molar-refractivity contribution in [3.8, 4) is 6.07 Å². The smallest absolute Gasteiger partial charge is 0.126 e. The third-order valence-corrected chi connectivity index (χ3v) is 2.73. The Kier molecular flexibility index (Phi) is 2.78. The van der Waals surface area contributed by atoms with Crippen molar-refractivity contribution in [1.82, 2.24) is 9.97 Å². The molecule has 0 saturated carbocycles. The van der Waals surface area contributed by atoms with Crippen LogP contribution < -0.4 is 4.90 Å². The van der Waals surface area contributed by atoms with Crippen LogP contribution in [-0.4, -0.2) is 23.1 Å². The van der Waals surface area contributed by atoms with E-state index in [4.69, 9.17) is 0 Å². The van der Waals surface area contributed by atoms with Crippen LogP contribution in [0.5, 0.6) is 0 Å². The highest BCUT2D eigenvalue weighted by Gasteiger charge is 2.15. The van der Waals surface area contributed by atoms with Crippen LogP contribution in [0.1, 0.15) is 19.4 Å². The lowest BCUT2D eigenvalue weighted by atomic mass is 10.2. The van der Waals surface area contributed by atoms with Gasteiger partial charge in [-0.25, -0.2) is 0 Å².